The van der Waals surface area contributed by atoms with E-state index >= 15 is 0 Å². The molecule has 0 radical (unpaired) electrons. The molecule has 0 unspecified atom stereocenters. The summed E-state index contributed by atoms with van der Waals surface area (Å²) in [7, 11) is 0. The van der Waals surface area contributed by atoms with Gasteiger partial charge in [-0.3, -0.25) is 9.78 Å². The molecule has 4 rings (SSSR count). The standard InChI is InChI=1S/C25H34ClN5O.CH4/c1-17(32)31-11-3-4-19(16-31)14-29-25-6-2-5-24(30-25)22-13-21(28-15-23(22)26)12-18-7-9-20(27)10-8-18;/h2,5-6,13,15,18-20H,3-4,7-12,14,16,27H2,1H3,(H,29,30);1H4/t18?,19-,20?;/m1./s1. The second-order valence-corrected chi connectivity index (χ2v) is 9.81. The number of rotatable bonds is 6. The number of nitrogens with one attached hydrogen (secondary N) is 1. The fourth-order valence-corrected chi connectivity index (χ4v) is 5.13. The molecule has 2 aromatic heterocycles. The van der Waals surface area contributed by atoms with Crippen LogP contribution in [0.15, 0.2) is 30.5 Å². The van der Waals surface area contributed by atoms with Crippen molar-refractivity contribution in [3.63, 3.8) is 0 Å². The number of aromatic nitrogens is 2. The topological polar surface area (TPSA) is 84.1 Å². The van der Waals surface area contributed by atoms with Crippen molar-refractivity contribution in [3.8, 4) is 11.3 Å². The molecule has 2 aromatic rings. The van der Waals surface area contributed by atoms with Gasteiger partial charge in [-0.2, -0.15) is 0 Å². The molecule has 0 spiro atoms. The fraction of sp³-hybridized carbons (Fsp3) is 0.577. The molecule has 2 fully saturated rings. The Labute approximate surface area is 203 Å². The summed E-state index contributed by atoms with van der Waals surface area (Å²) in [6.45, 7) is 4.14. The lowest BCUT2D eigenvalue weighted by Gasteiger charge is -2.32. The Morgan fingerprint density at radius 3 is 2.76 bits per heavy atom. The number of pyridine rings is 2. The van der Waals surface area contributed by atoms with E-state index in [4.69, 9.17) is 22.3 Å². The van der Waals surface area contributed by atoms with Crippen LogP contribution >= 0.6 is 11.6 Å². The number of anilines is 1. The third-order valence-electron chi connectivity index (χ3n) is 6.86. The molecule has 1 atom stereocenters. The molecule has 1 saturated heterocycles. The van der Waals surface area contributed by atoms with Crippen LogP contribution in [0.25, 0.3) is 11.3 Å². The number of hydrogen-bond acceptors (Lipinski definition) is 5. The molecular weight excluding hydrogens is 434 g/mol. The van der Waals surface area contributed by atoms with Gasteiger partial charge in [0.1, 0.15) is 5.82 Å². The summed E-state index contributed by atoms with van der Waals surface area (Å²) < 4.78 is 0. The highest BCUT2D eigenvalue weighted by molar-refractivity contribution is 6.33. The molecule has 3 heterocycles. The van der Waals surface area contributed by atoms with Crippen LogP contribution in [0.1, 0.15) is 58.6 Å². The number of halogens is 1. The Hall–Kier alpha value is -2.18. The minimum Gasteiger partial charge on any atom is -0.370 e. The second kappa shape index (κ2) is 11.8. The quantitative estimate of drug-likeness (QED) is 0.607. The number of carbonyl (C=O) groups excluding carboxylic acids is 1. The Bertz CT molecular complexity index is 929. The van der Waals surface area contributed by atoms with Crippen LogP contribution in [0.4, 0.5) is 5.82 Å². The van der Waals surface area contributed by atoms with Gasteiger partial charge in [-0.05, 0) is 75.0 Å². The monoisotopic (exact) mass is 471 g/mol. The number of carbonyl (C=O) groups is 1. The maximum absolute atomic E-state index is 11.7. The van der Waals surface area contributed by atoms with E-state index in [9.17, 15) is 4.79 Å². The lowest BCUT2D eigenvalue weighted by Crippen LogP contribution is -2.40. The highest BCUT2D eigenvalue weighted by Gasteiger charge is 2.22. The van der Waals surface area contributed by atoms with Gasteiger partial charge in [-0.15, -0.1) is 0 Å². The number of likely N-dealkylation sites (tertiary alicyclic amines) is 1. The molecule has 1 aliphatic carbocycles. The van der Waals surface area contributed by atoms with Crippen molar-refractivity contribution in [1.29, 1.82) is 0 Å². The van der Waals surface area contributed by atoms with Crippen LogP contribution in [0, 0.1) is 11.8 Å². The van der Waals surface area contributed by atoms with E-state index < -0.39 is 0 Å². The number of piperidine rings is 1. The molecule has 0 aromatic carbocycles. The van der Waals surface area contributed by atoms with Crippen LogP contribution in [-0.2, 0) is 11.2 Å². The van der Waals surface area contributed by atoms with Gasteiger partial charge in [0.25, 0.3) is 0 Å². The highest BCUT2D eigenvalue weighted by atomic mass is 35.5. The molecule has 33 heavy (non-hydrogen) atoms. The lowest BCUT2D eigenvalue weighted by molar-refractivity contribution is -0.130. The zero-order valence-electron chi connectivity index (χ0n) is 18.9. The van der Waals surface area contributed by atoms with Crippen molar-refractivity contribution in [2.45, 2.75) is 65.3 Å². The largest absolute Gasteiger partial charge is 0.370 e. The second-order valence-electron chi connectivity index (χ2n) is 9.40. The van der Waals surface area contributed by atoms with E-state index in [1.807, 2.05) is 23.1 Å². The van der Waals surface area contributed by atoms with Gasteiger partial charge in [-0.1, -0.05) is 25.1 Å². The smallest absolute Gasteiger partial charge is 0.219 e. The van der Waals surface area contributed by atoms with Gasteiger partial charge in [0, 0.05) is 50.1 Å². The van der Waals surface area contributed by atoms with E-state index in [1.165, 1.54) is 12.8 Å². The first-order valence-corrected chi connectivity index (χ1v) is 12.2. The minimum atomic E-state index is 0. The Morgan fingerprint density at radius 1 is 1.21 bits per heavy atom. The van der Waals surface area contributed by atoms with E-state index in [0.29, 0.717) is 22.9 Å². The first-order chi connectivity index (χ1) is 15.5. The average Bonchev–Trinajstić information content (AvgIpc) is 2.81. The molecule has 1 saturated carbocycles. The zero-order valence-corrected chi connectivity index (χ0v) is 19.7. The number of hydrogen-bond donors (Lipinski definition) is 2. The van der Waals surface area contributed by atoms with Gasteiger partial charge in [0.05, 0.1) is 10.7 Å². The van der Waals surface area contributed by atoms with Crippen molar-refractivity contribution in [2.75, 3.05) is 25.0 Å². The van der Waals surface area contributed by atoms with Crippen molar-refractivity contribution in [3.05, 3.63) is 41.2 Å². The van der Waals surface area contributed by atoms with E-state index in [2.05, 4.69) is 16.4 Å². The van der Waals surface area contributed by atoms with Gasteiger partial charge in [-0.25, -0.2) is 4.98 Å². The Kier molecular flexibility index (Phi) is 9.10. The van der Waals surface area contributed by atoms with Crippen LogP contribution in [0.2, 0.25) is 5.02 Å². The summed E-state index contributed by atoms with van der Waals surface area (Å²) in [6, 6.07) is 8.43. The van der Waals surface area contributed by atoms with Crippen molar-refractivity contribution < 1.29 is 4.79 Å². The van der Waals surface area contributed by atoms with Crippen molar-refractivity contribution in [2.24, 2.45) is 17.6 Å². The van der Waals surface area contributed by atoms with E-state index in [-0.39, 0.29) is 13.3 Å². The highest BCUT2D eigenvalue weighted by Crippen LogP contribution is 2.31. The minimum absolute atomic E-state index is 0. The van der Waals surface area contributed by atoms with Crippen molar-refractivity contribution in [1.82, 2.24) is 14.9 Å². The predicted octanol–water partition coefficient (Wildman–Crippen LogP) is 5.16. The summed E-state index contributed by atoms with van der Waals surface area (Å²) in [5, 5.41) is 4.09. The van der Waals surface area contributed by atoms with Gasteiger partial charge >= 0.3 is 0 Å². The molecule has 3 N–H and O–H groups in total. The number of amides is 1. The van der Waals surface area contributed by atoms with Gasteiger partial charge in [0.2, 0.25) is 5.91 Å². The summed E-state index contributed by atoms with van der Waals surface area (Å²) in [5.74, 6) is 2.08. The maximum atomic E-state index is 11.7. The van der Waals surface area contributed by atoms with E-state index in [1.54, 1.807) is 13.1 Å². The molecule has 6 nitrogen and oxygen atoms in total. The summed E-state index contributed by atoms with van der Waals surface area (Å²) in [4.78, 5) is 23.0. The third-order valence-corrected chi connectivity index (χ3v) is 7.16. The van der Waals surface area contributed by atoms with Gasteiger partial charge in [0.15, 0.2) is 0 Å². The van der Waals surface area contributed by atoms with Crippen LogP contribution in [0.3, 0.4) is 0 Å². The van der Waals surface area contributed by atoms with Crippen LogP contribution < -0.4 is 11.1 Å². The molecule has 7 heteroatoms. The Morgan fingerprint density at radius 2 is 2.00 bits per heavy atom. The number of nitrogens with two attached hydrogens (primary N) is 1. The van der Waals surface area contributed by atoms with Crippen LogP contribution in [-0.4, -0.2) is 46.5 Å². The fourth-order valence-electron chi connectivity index (χ4n) is 4.93. The lowest BCUT2D eigenvalue weighted by atomic mass is 9.83. The maximum Gasteiger partial charge on any atom is 0.219 e. The summed E-state index contributed by atoms with van der Waals surface area (Å²) in [6.07, 6.45) is 9.44. The van der Waals surface area contributed by atoms with Crippen molar-refractivity contribution >= 4 is 23.3 Å². The average molecular weight is 472 g/mol. The SMILES string of the molecule is C.CC(=O)N1CCC[C@H](CNc2cccc(-c3cc(CC4CCC(N)CC4)ncc3Cl)n2)C1. The Balaban J connectivity index is 0.00000306. The molecular formula is C26H38ClN5O. The van der Waals surface area contributed by atoms with E-state index in [0.717, 1.165) is 74.5 Å². The molecule has 2 aliphatic rings. The molecule has 1 aliphatic heterocycles. The first-order valence-electron chi connectivity index (χ1n) is 11.8. The predicted molar refractivity (Wildman–Crippen MR) is 136 cm³/mol. The first kappa shape index (κ1) is 25.4. The van der Waals surface area contributed by atoms with Gasteiger partial charge < -0.3 is 16.0 Å². The normalized spacial score (nSPS) is 23.0. The zero-order chi connectivity index (χ0) is 22.5. The molecule has 180 valence electrons. The number of nitrogens with zero attached hydrogens (tertiary/aromatic N) is 3. The third kappa shape index (κ3) is 6.90. The van der Waals surface area contributed by atoms with Crippen LogP contribution in [0.5, 0.6) is 0 Å². The molecule has 0 bridgehead atoms. The summed E-state index contributed by atoms with van der Waals surface area (Å²) >= 11 is 6.51. The summed E-state index contributed by atoms with van der Waals surface area (Å²) in [5.41, 5.74) is 8.89. The molecule has 1 amide bonds.